The minimum atomic E-state index is -0.130. The number of ether oxygens (including phenoxy) is 1. The summed E-state index contributed by atoms with van der Waals surface area (Å²) < 4.78 is 6.98. The lowest BCUT2D eigenvalue weighted by Gasteiger charge is -2.31. The molecule has 0 atom stereocenters. The van der Waals surface area contributed by atoms with E-state index in [1.54, 1.807) is 12.0 Å². The molecule has 1 aromatic heterocycles. The molecule has 0 saturated heterocycles. The Bertz CT molecular complexity index is 739. The fourth-order valence-corrected chi connectivity index (χ4v) is 2.88. The molecule has 1 aliphatic heterocycles. The molecule has 6 nitrogen and oxygen atoms in total. The molecule has 0 unspecified atom stereocenters. The van der Waals surface area contributed by atoms with Crippen molar-refractivity contribution in [3.05, 3.63) is 48.3 Å². The van der Waals surface area contributed by atoms with E-state index >= 15 is 0 Å². The number of hydrogen-bond donors (Lipinski definition) is 1. The zero-order valence-electron chi connectivity index (χ0n) is 13.7. The lowest BCUT2D eigenvalue weighted by Crippen LogP contribution is -2.36. The predicted octanol–water partition coefficient (Wildman–Crippen LogP) is 1.87. The van der Waals surface area contributed by atoms with Gasteiger partial charge in [-0.15, -0.1) is 0 Å². The first-order valence-electron chi connectivity index (χ1n) is 8.02. The second-order valence-corrected chi connectivity index (χ2v) is 5.68. The van der Waals surface area contributed by atoms with E-state index in [0.29, 0.717) is 19.7 Å². The third kappa shape index (κ3) is 3.33. The summed E-state index contributed by atoms with van der Waals surface area (Å²) in [5, 5.41) is 2.73. The molecule has 1 N–H and O–H groups in total. The SMILES string of the molecule is COCCNC(=O)CCC(=O)N1Cc2cccn2-c2ccccc21. The minimum Gasteiger partial charge on any atom is -0.383 e. The Labute approximate surface area is 141 Å². The second kappa shape index (κ2) is 7.31. The molecule has 0 aliphatic carbocycles. The summed E-state index contributed by atoms with van der Waals surface area (Å²) in [4.78, 5) is 26.2. The van der Waals surface area contributed by atoms with Crippen LogP contribution < -0.4 is 10.2 Å². The topological polar surface area (TPSA) is 63.6 Å². The van der Waals surface area contributed by atoms with Crippen molar-refractivity contribution < 1.29 is 14.3 Å². The number of rotatable bonds is 6. The van der Waals surface area contributed by atoms with Gasteiger partial charge in [-0.25, -0.2) is 0 Å². The van der Waals surface area contributed by atoms with Crippen molar-refractivity contribution in [2.24, 2.45) is 0 Å². The highest BCUT2D eigenvalue weighted by Gasteiger charge is 2.25. The van der Waals surface area contributed by atoms with Crippen LogP contribution in [0.1, 0.15) is 18.5 Å². The first-order chi connectivity index (χ1) is 11.7. The Morgan fingerprint density at radius 2 is 1.92 bits per heavy atom. The molecule has 0 bridgehead atoms. The molecule has 1 aliphatic rings. The van der Waals surface area contributed by atoms with Crippen molar-refractivity contribution in [1.82, 2.24) is 9.88 Å². The van der Waals surface area contributed by atoms with Gasteiger partial charge in [0.25, 0.3) is 0 Å². The molecule has 1 aromatic carbocycles. The van der Waals surface area contributed by atoms with Crippen LogP contribution in [-0.4, -0.2) is 36.6 Å². The quantitative estimate of drug-likeness (QED) is 0.824. The maximum atomic E-state index is 12.6. The van der Waals surface area contributed by atoms with E-state index in [1.165, 1.54) is 0 Å². The van der Waals surface area contributed by atoms with Gasteiger partial charge in [-0.1, -0.05) is 12.1 Å². The number of carbonyl (C=O) groups is 2. The highest BCUT2D eigenvalue weighted by molar-refractivity contribution is 5.97. The van der Waals surface area contributed by atoms with Crippen molar-refractivity contribution in [3.63, 3.8) is 0 Å². The van der Waals surface area contributed by atoms with Gasteiger partial charge in [0, 0.05) is 38.4 Å². The molecule has 0 fully saturated rings. The molecule has 0 spiro atoms. The van der Waals surface area contributed by atoms with E-state index < -0.39 is 0 Å². The third-order valence-electron chi connectivity index (χ3n) is 4.08. The van der Waals surface area contributed by atoms with Gasteiger partial charge in [-0.2, -0.15) is 0 Å². The first-order valence-corrected chi connectivity index (χ1v) is 8.02. The predicted molar refractivity (Wildman–Crippen MR) is 91.1 cm³/mol. The standard InChI is InChI=1S/C18H21N3O3/c1-24-12-10-19-17(22)8-9-18(23)21-13-14-5-4-11-20(14)15-6-2-3-7-16(15)21/h2-7,11H,8-10,12-13H2,1H3,(H,19,22). The van der Waals surface area contributed by atoms with Gasteiger partial charge < -0.3 is 19.5 Å². The van der Waals surface area contributed by atoms with Crippen LogP contribution in [0.2, 0.25) is 0 Å². The van der Waals surface area contributed by atoms with E-state index in [4.69, 9.17) is 4.74 Å². The molecular formula is C18H21N3O3. The zero-order valence-corrected chi connectivity index (χ0v) is 13.7. The number of aromatic nitrogens is 1. The molecule has 24 heavy (non-hydrogen) atoms. The summed E-state index contributed by atoms with van der Waals surface area (Å²) >= 11 is 0. The van der Waals surface area contributed by atoms with Gasteiger partial charge in [0.05, 0.1) is 24.5 Å². The van der Waals surface area contributed by atoms with Crippen LogP contribution >= 0.6 is 0 Å². The highest BCUT2D eigenvalue weighted by atomic mass is 16.5. The molecule has 2 aromatic rings. The third-order valence-corrected chi connectivity index (χ3v) is 4.08. The number of amides is 2. The van der Waals surface area contributed by atoms with Crippen LogP contribution in [0.5, 0.6) is 0 Å². The van der Waals surface area contributed by atoms with Gasteiger partial charge in [-0.3, -0.25) is 9.59 Å². The molecule has 6 heteroatoms. The molecule has 3 rings (SSSR count). The smallest absolute Gasteiger partial charge is 0.227 e. The van der Waals surface area contributed by atoms with Gasteiger partial charge >= 0.3 is 0 Å². The number of nitrogens with zero attached hydrogens (tertiary/aromatic N) is 2. The molecule has 0 saturated carbocycles. The fourth-order valence-electron chi connectivity index (χ4n) is 2.88. The average Bonchev–Trinajstić information content (AvgIpc) is 3.08. The van der Waals surface area contributed by atoms with Crippen LogP contribution in [0, 0.1) is 0 Å². The molecule has 2 heterocycles. The zero-order chi connectivity index (χ0) is 16.9. The monoisotopic (exact) mass is 327 g/mol. The van der Waals surface area contributed by atoms with Crippen LogP contribution in [-0.2, 0) is 20.9 Å². The Kier molecular flexibility index (Phi) is 4.96. The van der Waals surface area contributed by atoms with E-state index in [2.05, 4.69) is 9.88 Å². The van der Waals surface area contributed by atoms with Crippen LogP contribution in [0.15, 0.2) is 42.6 Å². The largest absolute Gasteiger partial charge is 0.383 e. The fraction of sp³-hybridized carbons (Fsp3) is 0.333. The number of anilines is 1. The summed E-state index contributed by atoms with van der Waals surface area (Å²) in [6.07, 6.45) is 2.37. The maximum absolute atomic E-state index is 12.6. The number of carbonyl (C=O) groups excluding carboxylic acids is 2. The Balaban J connectivity index is 1.67. The van der Waals surface area contributed by atoms with E-state index in [9.17, 15) is 9.59 Å². The Hall–Kier alpha value is -2.60. The van der Waals surface area contributed by atoms with E-state index in [0.717, 1.165) is 17.1 Å². The lowest BCUT2D eigenvalue weighted by atomic mass is 10.1. The van der Waals surface area contributed by atoms with Gasteiger partial charge in [-0.05, 0) is 24.3 Å². The van der Waals surface area contributed by atoms with Crippen molar-refractivity contribution in [1.29, 1.82) is 0 Å². The van der Waals surface area contributed by atoms with Crippen molar-refractivity contribution in [3.8, 4) is 5.69 Å². The lowest BCUT2D eigenvalue weighted by molar-refractivity contribution is -0.125. The number of hydrogen-bond acceptors (Lipinski definition) is 3. The second-order valence-electron chi connectivity index (χ2n) is 5.68. The number of nitrogens with one attached hydrogen (secondary N) is 1. The van der Waals surface area contributed by atoms with Crippen LogP contribution in [0.4, 0.5) is 5.69 Å². The van der Waals surface area contributed by atoms with Gasteiger partial charge in [0.2, 0.25) is 11.8 Å². The molecule has 0 radical (unpaired) electrons. The Morgan fingerprint density at radius 3 is 2.71 bits per heavy atom. The summed E-state index contributed by atoms with van der Waals surface area (Å²) in [5.41, 5.74) is 2.93. The molecular weight excluding hydrogens is 306 g/mol. The Morgan fingerprint density at radius 1 is 1.12 bits per heavy atom. The first kappa shape index (κ1) is 16.3. The summed E-state index contributed by atoms with van der Waals surface area (Å²) in [6, 6.07) is 11.8. The van der Waals surface area contributed by atoms with E-state index in [-0.39, 0.29) is 24.7 Å². The normalized spacial score (nSPS) is 12.5. The van der Waals surface area contributed by atoms with Crippen molar-refractivity contribution in [2.75, 3.05) is 25.2 Å². The van der Waals surface area contributed by atoms with Gasteiger partial charge in [0.15, 0.2) is 0 Å². The maximum Gasteiger partial charge on any atom is 0.227 e. The van der Waals surface area contributed by atoms with Crippen LogP contribution in [0.25, 0.3) is 5.69 Å². The average molecular weight is 327 g/mol. The minimum absolute atomic E-state index is 0.0446. The molecule has 126 valence electrons. The highest BCUT2D eigenvalue weighted by Crippen LogP contribution is 2.32. The number of para-hydroxylation sites is 2. The number of methoxy groups -OCH3 is 1. The summed E-state index contributed by atoms with van der Waals surface area (Å²) in [7, 11) is 1.58. The van der Waals surface area contributed by atoms with E-state index in [1.807, 2.05) is 42.6 Å². The summed E-state index contributed by atoms with van der Waals surface area (Å²) in [5.74, 6) is -0.175. The van der Waals surface area contributed by atoms with Crippen molar-refractivity contribution in [2.45, 2.75) is 19.4 Å². The molecule has 2 amide bonds. The number of fused-ring (bicyclic) bond motifs is 3. The summed E-state index contributed by atoms with van der Waals surface area (Å²) in [6.45, 7) is 1.45. The van der Waals surface area contributed by atoms with Gasteiger partial charge in [0.1, 0.15) is 0 Å². The van der Waals surface area contributed by atoms with Crippen LogP contribution in [0.3, 0.4) is 0 Å². The van der Waals surface area contributed by atoms with Crippen molar-refractivity contribution >= 4 is 17.5 Å². The number of benzene rings is 1.